The van der Waals surface area contributed by atoms with Crippen LogP contribution in [-0.2, 0) is 0 Å². The molecule has 0 saturated heterocycles. The van der Waals surface area contributed by atoms with Gasteiger partial charge in [-0.1, -0.05) is 0 Å². The monoisotopic (exact) mass is 213 g/mol. The summed E-state index contributed by atoms with van der Waals surface area (Å²) in [6.07, 6.45) is 2.58. The van der Waals surface area contributed by atoms with Crippen LogP contribution >= 0.6 is 11.3 Å². The molecule has 1 aromatic rings. The van der Waals surface area contributed by atoms with Crippen molar-refractivity contribution in [3.63, 3.8) is 0 Å². The molecule has 1 N–H and O–H groups in total. The molecule has 0 bridgehead atoms. The third kappa shape index (κ3) is 3.08. The molecule has 0 aliphatic heterocycles. The zero-order chi connectivity index (χ0) is 10.4. The average Bonchev–Trinajstić information content (AvgIpc) is 2.69. The van der Waals surface area contributed by atoms with E-state index >= 15 is 0 Å². The summed E-state index contributed by atoms with van der Waals surface area (Å²) in [6.45, 7) is 1.71. The summed E-state index contributed by atoms with van der Waals surface area (Å²) < 4.78 is 0. The highest BCUT2D eigenvalue weighted by Crippen LogP contribution is 2.08. The van der Waals surface area contributed by atoms with E-state index in [0.717, 1.165) is 19.5 Å². The number of aromatic nitrogens is 1. The van der Waals surface area contributed by atoms with Crippen molar-refractivity contribution in [3.05, 3.63) is 16.6 Å². The van der Waals surface area contributed by atoms with Gasteiger partial charge in [0.2, 0.25) is 0 Å². The number of carbonyl (C=O) groups excluding carboxylic acids is 1. The Morgan fingerprint density at radius 2 is 2.50 bits per heavy atom. The Labute approximate surface area is 88.0 Å². The van der Waals surface area contributed by atoms with Gasteiger partial charge in [0, 0.05) is 13.6 Å². The van der Waals surface area contributed by atoms with Gasteiger partial charge < -0.3 is 10.2 Å². The summed E-state index contributed by atoms with van der Waals surface area (Å²) in [5.41, 5.74) is 1.68. The van der Waals surface area contributed by atoms with E-state index in [4.69, 9.17) is 0 Å². The predicted molar refractivity (Wildman–Crippen MR) is 57.6 cm³/mol. The first-order chi connectivity index (χ1) is 6.75. The van der Waals surface area contributed by atoms with E-state index in [1.807, 2.05) is 14.1 Å². The van der Waals surface area contributed by atoms with Crippen molar-refractivity contribution in [1.29, 1.82) is 0 Å². The molecular formula is C9H15N3OS. The topological polar surface area (TPSA) is 45.2 Å². The molecule has 78 valence electrons. The van der Waals surface area contributed by atoms with Crippen LogP contribution in [0.15, 0.2) is 11.7 Å². The van der Waals surface area contributed by atoms with Crippen molar-refractivity contribution in [1.82, 2.24) is 15.2 Å². The van der Waals surface area contributed by atoms with E-state index in [-0.39, 0.29) is 5.91 Å². The van der Waals surface area contributed by atoms with Crippen molar-refractivity contribution in [3.8, 4) is 0 Å². The fourth-order valence-corrected chi connectivity index (χ4v) is 1.72. The van der Waals surface area contributed by atoms with Crippen molar-refractivity contribution < 1.29 is 4.79 Å². The lowest BCUT2D eigenvalue weighted by Gasteiger charge is -2.15. The molecule has 14 heavy (non-hydrogen) atoms. The van der Waals surface area contributed by atoms with Crippen molar-refractivity contribution in [2.45, 2.75) is 6.42 Å². The molecule has 0 saturated carbocycles. The zero-order valence-corrected chi connectivity index (χ0v) is 9.30. The third-order valence-electron chi connectivity index (χ3n) is 1.91. The quantitative estimate of drug-likeness (QED) is 0.737. The highest BCUT2D eigenvalue weighted by atomic mass is 32.1. The third-order valence-corrected chi connectivity index (χ3v) is 2.67. The molecular weight excluding hydrogens is 198 g/mol. The molecule has 0 aliphatic rings. The Kier molecular flexibility index (Phi) is 4.55. The van der Waals surface area contributed by atoms with Gasteiger partial charge in [-0.3, -0.25) is 9.78 Å². The largest absolute Gasteiger partial charge is 0.341 e. The highest BCUT2D eigenvalue weighted by molar-refractivity contribution is 7.11. The molecule has 0 aliphatic carbocycles. The number of amides is 1. The standard InChI is InChI=1S/C9H15N3OS/c1-10-4-3-5-12(2)9(13)8-6-11-7-14-8/h6-7,10H,3-5H2,1-2H3. The molecule has 0 spiro atoms. The van der Waals surface area contributed by atoms with Gasteiger partial charge in [-0.05, 0) is 20.0 Å². The first kappa shape index (κ1) is 11.1. The van der Waals surface area contributed by atoms with Gasteiger partial charge in [0.05, 0.1) is 11.7 Å². The minimum absolute atomic E-state index is 0.0589. The minimum atomic E-state index is 0.0589. The Balaban J connectivity index is 2.37. The highest BCUT2D eigenvalue weighted by Gasteiger charge is 2.11. The fraction of sp³-hybridized carbons (Fsp3) is 0.556. The molecule has 5 heteroatoms. The maximum Gasteiger partial charge on any atom is 0.265 e. The van der Waals surface area contributed by atoms with Crippen LogP contribution in [0, 0.1) is 0 Å². The molecule has 0 aromatic carbocycles. The molecule has 0 atom stereocenters. The number of nitrogens with zero attached hydrogens (tertiary/aromatic N) is 2. The van der Waals surface area contributed by atoms with Crippen LogP contribution in [0.25, 0.3) is 0 Å². The van der Waals surface area contributed by atoms with Gasteiger partial charge >= 0.3 is 0 Å². The molecule has 1 heterocycles. The fourth-order valence-electron chi connectivity index (χ4n) is 1.10. The SMILES string of the molecule is CNCCCN(C)C(=O)c1cncs1. The number of carbonyl (C=O) groups is 1. The summed E-state index contributed by atoms with van der Waals surface area (Å²) >= 11 is 1.38. The van der Waals surface area contributed by atoms with Crippen LogP contribution in [-0.4, -0.2) is 43.0 Å². The number of rotatable bonds is 5. The van der Waals surface area contributed by atoms with Crippen molar-refractivity contribution in [2.75, 3.05) is 27.2 Å². The number of hydrogen-bond acceptors (Lipinski definition) is 4. The maximum atomic E-state index is 11.7. The van der Waals surface area contributed by atoms with Gasteiger partial charge in [-0.15, -0.1) is 11.3 Å². The van der Waals surface area contributed by atoms with E-state index in [1.54, 1.807) is 16.6 Å². The Hall–Kier alpha value is -0.940. The van der Waals surface area contributed by atoms with E-state index in [2.05, 4.69) is 10.3 Å². The molecule has 4 nitrogen and oxygen atoms in total. The summed E-state index contributed by atoms with van der Waals surface area (Å²) in [5, 5.41) is 3.05. The van der Waals surface area contributed by atoms with Crippen LogP contribution in [0.2, 0.25) is 0 Å². The first-order valence-electron chi connectivity index (χ1n) is 4.54. The lowest BCUT2D eigenvalue weighted by atomic mass is 10.3. The van der Waals surface area contributed by atoms with E-state index < -0.39 is 0 Å². The van der Waals surface area contributed by atoms with Gasteiger partial charge in [-0.25, -0.2) is 0 Å². The second-order valence-corrected chi connectivity index (χ2v) is 3.94. The summed E-state index contributed by atoms with van der Waals surface area (Å²) in [6, 6.07) is 0. The predicted octanol–water partition coefficient (Wildman–Crippen LogP) is 0.825. The van der Waals surface area contributed by atoms with Crippen LogP contribution in [0.5, 0.6) is 0 Å². The Morgan fingerprint density at radius 1 is 1.71 bits per heavy atom. The maximum absolute atomic E-state index is 11.7. The normalized spacial score (nSPS) is 10.1. The first-order valence-corrected chi connectivity index (χ1v) is 5.42. The van der Waals surface area contributed by atoms with Crippen LogP contribution in [0.3, 0.4) is 0 Å². The number of nitrogens with one attached hydrogen (secondary N) is 1. The van der Waals surface area contributed by atoms with Crippen LogP contribution in [0.4, 0.5) is 0 Å². The van der Waals surface area contributed by atoms with E-state index in [9.17, 15) is 4.79 Å². The van der Waals surface area contributed by atoms with Gasteiger partial charge in [0.15, 0.2) is 0 Å². The molecule has 0 radical (unpaired) electrons. The molecule has 1 amide bonds. The number of hydrogen-bond donors (Lipinski definition) is 1. The summed E-state index contributed by atoms with van der Waals surface area (Å²) in [5.74, 6) is 0.0589. The molecule has 0 unspecified atom stereocenters. The average molecular weight is 213 g/mol. The molecule has 0 fully saturated rings. The summed E-state index contributed by atoms with van der Waals surface area (Å²) in [7, 11) is 3.72. The Bertz CT molecular complexity index is 274. The van der Waals surface area contributed by atoms with Crippen molar-refractivity contribution >= 4 is 17.2 Å². The van der Waals surface area contributed by atoms with Crippen molar-refractivity contribution in [2.24, 2.45) is 0 Å². The second-order valence-electron chi connectivity index (χ2n) is 3.05. The van der Waals surface area contributed by atoms with Gasteiger partial charge in [0.25, 0.3) is 5.91 Å². The number of thiazole rings is 1. The van der Waals surface area contributed by atoms with E-state index in [0.29, 0.717) is 4.88 Å². The van der Waals surface area contributed by atoms with Crippen LogP contribution in [0.1, 0.15) is 16.1 Å². The van der Waals surface area contributed by atoms with E-state index in [1.165, 1.54) is 11.3 Å². The molecule has 1 rings (SSSR count). The zero-order valence-electron chi connectivity index (χ0n) is 8.49. The summed E-state index contributed by atoms with van der Waals surface area (Å²) in [4.78, 5) is 18.0. The van der Waals surface area contributed by atoms with Gasteiger partial charge in [-0.2, -0.15) is 0 Å². The molecule has 1 aromatic heterocycles. The minimum Gasteiger partial charge on any atom is -0.341 e. The Morgan fingerprint density at radius 3 is 3.07 bits per heavy atom. The lowest BCUT2D eigenvalue weighted by molar-refractivity contribution is 0.0798. The second kappa shape index (κ2) is 5.72. The van der Waals surface area contributed by atoms with Gasteiger partial charge in [0.1, 0.15) is 4.88 Å². The lowest BCUT2D eigenvalue weighted by Crippen LogP contribution is -2.28. The smallest absolute Gasteiger partial charge is 0.265 e. The van der Waals surface area contributed by atoms with Crippen LogP contribution < -0.4 is 5.32 Å².